The zero-order valence-corrected chi connectivity index (χ0v) is 8.66. The molecule has 0 saturated carbocycles. The maximum atomic E-state index is 5.33. The number of nitrogens with one attached hydrogen (secondary N) is 2. The van der Waals surface area contributed by atoms with Crippen LogP contribution in [-0.2, 0) is 4.74 Å². The fourth-order valence-electron chi connectivity index (χ4n) is 1.58. The third-order valence-corrected chi connectivity index (χ3v) is 2.49. The monoisotopic (exact) mass is 209 g/mol. The van der Waals surface area contributed by atoms with Gasteiger partial charge in [0.05, 0.1) is 12.6 Å². The van der Waals surface area contributed by atoms with Crippen molar-refractivity contribution in [1.29, 1.82) is 0 Å². The second-order valence-electron chi connectivity index (χ2n) is 3.55. The van der Waals surface area contributed by atoms with E-state index in [1.165, 1.54) is 6.33 Å². The maximum absolute atomic E-state index is 5.33. The molecule has 4 N–H and O–H groups in total. The number of hydrogen-bond acceptors (Lipinski definition) is 6. The highest BCUT2D eigenvalue weighted by molar-refractivity contribution is 5.56. The Labute approximate surface area is 88.2 Å². The minimum atomic E-state index is 0.337. The molecule has 2 heterocycles. The lowest BCUT2D eigenvalue weighted by Crippen LogP contribution is -2.21. The van der Waals surface area contributed by atoms with Gasteiger partial charge in [0.1, 0.15) is 18.0 Å². The van der Waals surface area contributed by atoms with Gasteiger partial charge in [0, 0.05) is 12.2 Å². The van der Waals surface area contributed by atoms with Gasteiger partial charge >= 0.3 is 0 Å². The molecule has 1 aromatic heterocycles. The van der Waals surface area contributed by atoms with Gasteiger partial charge in [-0.05, 0) is 13.3 Å². The van der Waals surface area contributed by atoms with Crippen LogP contribution in [0.5, 0.6) is 0 Å². The number of anilines is 2. The van der Waals surface area contributed by atoms with Crippen LogP contribution in [0.3, 0.4) is 0 Å². The van der Waals surface area contributed by atoms with Crippen molar-refractivity contribution in [3.05, 3.63) is 11.9 Å². The SMILES string of the molecule is Cc1c(NN)ncnc1NC1CCOC1. The number of aromatic nitrogens is 2. The zero-order valence-electron chi connectivity index (χ0n) is 8.66. The summed E-state index contributed by atoms with van der Waals surface area (Å²) in [4.78, 5) is 8.19. The van der Waals surface area contributed by atoms with Gasteiger partial charge < -0.3 is 15.5 Å². The lowest BCUT2D eigenvalue weighted by Gasteiger charge is -2.14. The first kappa shape index (κ1) is 10.1. The topological polar surface area (TPSA) is 85.1 Å². The average Bonchev–Trinajstić information content (AvgIpc) is 2.74. The molecule has 1 saturated heterocycles. The van der Waals surface area contributed by atoms with E-state index in [1.54, 1.807) is 0 Å². The molecule has 0 bridgehead atoms. The van der Waals surface area contributed by atoms with Crippen molar-refractivity contribution >= 4 is 11.6 Å². The summed E-state index contributed by atoms with van der Waals surface area (Å²) in [5.41, 5.74) is 3.46. The van der Waals surface area contributed by atoms with Crippen LogP contribution in [-0.4, -0.2) is 29.2 Å². The van der Waals surface area contributed by atoms with Gasteiger partial charge in [-0.2, -0.15) is 0 Å². The minimum absolute atomic E-state index is 0.337. The Kier molecular flexibility index (Phi) is 2.98. The predicted molar refractivity (Wildman–Crippen MR) is 57.4 cm³/mol. The molecule has 15 heavy (non-hydrogen) atoms. The van der Waals surface area contributed by atoms with Crippen LogP contribution in [0.15, 0.2) is 6.33 Å². The number of rotatable bonds is 3. The summed E-state index contributed by atoms with van der Waals surface area (Å²) >= 11 is 0. The van der Waals surface area contributed by atoms with Crippen LogP contribution < -0.4 is 16.6 Å². The molecule has 2 rings (SSSR count). The molecule has 1 aliphatic rings. The van der Waals surface area contributed by atoms with E-state index in [4.69, 9.17) is 10.6 Å². The van der Waals surface area contributed by atoms with Gasteiger partial charge in [0.2, 0.25) is 0 Å². The van der Waals surface area contributed by atoms with E-state index in [0.717, 1.165) is 31.0 Å². The summed E-state index contributed by atoms with van der Waals surface area (Å²) in [7, 11) is 0. The van der Waals surface area contributed by atoms with E-state index in [2.05, 4.69) is 20.7 Å². The van der Waals surface area contributed by atoms with Crippen molar-refractivity contribution in [1.82, 2.24) is 9.97 Å². The van der Waals surface area contributed by atoms with E-state index in [1.807, 2.05) is 6.92 Å². The van der Waals surface area contributed by atoms with Gasteiger partial charge in [-0.15, -0.1) is 0 Å². The lowest BCUT2D eigenvalue weighted by molar-refractivity contribution is 0.195. The largest absolute Gasteiger partial charge is 0.379 e. The Hall–Kier alpha value is -1.40. The van der Waals surface area contributed by atoms with E-state index < -0.39 is 0 Å². The van der Waals surface area contributed by atoms with E-state index in [0.29, 0.717) is 11.9 Å². The van der Waals surface area contributed by atoms with Crippen molar-refractivity contribution in [2.24, 2.45) is 5.84 Å². The fraction of sp³-hybridized carbons (Fsp3) is 0.556. The number of nitrogens with zero attached hydrogens (tertiary/aromatic N) is 2. The van der Waals surface area contributed by atoms with E-state index in [-0.39, 0.29) is 0 Å². The van der Waals surface area contributed by atoms with Crippen LogP contribution in [0.4, 0.5) is 11.6 Å². The Morgan fingerprint density at radius 2 is 2.27 bits per heavy atom. The molecule has 0 aliphatic carbocycles. The van der Waals surface area contributed by atoms with Crippen LogP contribution >= 0.6 is 0 Å². The van der Waals surface area contributed by atoms with Crippen molar-refractivity contribution < 1.29 is 4.74 Å². The molecule has 1 atom stereocenters. The third kappa shape index (κ3) is 2.16. The van der Waals surface area contributed by atoms with Crippen molar-refractivity contribution in [2.75, 3.05) is 24.0 Å². The standard InChI is InChI=1S/C9H15N5O/c1-6-8(11-5-12-9(6)14-10)13-7-2-3-15-4-7/h5,7H,2-4,10H2,1H3,(H2,11,12,13,14). The third-order valence-electron chi connectivity index (χ3n) is 2.49. The van der Waals surface area contributed by atoms with Crippen molar-refractivity contribution in [3.8, 4) is 0 Å². The van der Waals surface area contributed by atoms with Crippen LogP contribution in [0.2, 0.25) is 0 Å². The number of nitrogen functional groups attached to an aromatic ring is 1. The van der Waals surface area contributed by atoms with Crippen LogP contribution in [0.1, 0.15) is 12.0 Å². The first-order valence-electron chi connectivity index (χ1n) is 4.93. The number of hydrazine groups is 1. The average molecular weight is 209 g/mol. The summed E-state index contributed by atoms with van der Waals surface area (Å²) in [6, 6.07) is 0.337. The van der Waals surface area contributed by atoms with Gasteiger partial charge in [0.15, 0.2) is 0 Å². The molecule has 0 radical (unpaired) electrons. The van der Waals surface area contributed by atoms with E-state index in [9.17, 15) is 0 Å². The molecular weight excluding hydrogens is 194 g/mol. The summed E-state index contributed by atoms with van der Waals surface area (Å²) in [5, 5.41) is 3.31. The molecule has 0 amide bonds. The van der Waals surface area contributed by atoms with Gasteiger partial charge in [-0.1, -0.05) is 0 Å². The first-order chi connectivity index (χ1) is 7.31. The van der Waals surface area contributed by atoms with Gasteiger partial charge in [0.25, 0.3) is 0 Å². The molecule has 0 spiro atoms. The number of hydrogen-bond donors (Lipinski definition) is 3. The molecule has 1 aromatic rings. The molecular formula is C9H15N5O. The Bertz CT molecular complexity index is 337. The highest BCUT2D eigenvalue weighted by atomic mass is 16.5. The highest BCUT2D eigenvalue weighted by Gasteiger charge is 2.17. The van der Waals surface area contributed by atoms with Crippen LogP contribution in [0, 0.1) is 6.92 Å². The maximum Gasteiger partial charge on any atom is 0.148 e. The molecule has 1 unspecified atom stereocenters. The smallest absolute Gasteiger partial charge is 0.148 e. The molecule has 6 heteroatoms. The minimum Gasteiger partial charge on any atom is -0.379 e. The number of ether oxygens (including phenoxy) is 1. The summed E-state index contributed by atoms with van der Waals surface area (Å²) < 4.78 is 5.28. The van der Waals surface area contributed by atoms with Crippen molar-refractivity contribution in [2.45, 2.75) is 19.4 Å². The first-order valence-corrected chi connectivity index (χ1v) is 4.93. The molecule has 1 fully saturated rings. The summed E-state index contributed by atoms with van der Waals surface area (Å²) in [6.07, 6.45) is 2.50. The number of nitrogens with two attached hydrogens (primary N) is 1. The Morgan fingerprint density at radius 1 is 1.47 bits per heavy atom. The van der Waals surface area contributed by atoms with Crippen LogP contribution in [0.25, 0.3) is 0 Å². The molecule has 1 aliphatic heterocycles. The normalized spacial score (nSPS) is 20.3. The highest BCUT2D eigenvalue weighted by Crippen LogP contribution is 2.19. The predicted octanol–water partition coefficient (Wildman–Crippen LogP) is 0.271. The second-order valence-corrected chi connectivity index (χ2v) is 3.55. The van der Waals surface area contributed by atoms with Gasteiger partial charge in [-0.25, -0.2) is 15.8 Å². The molecule has 6 nitrogen and oxygen atoms in total. The fourth-order valence-corrected chi connectivity index (χ4v) is 1.58. The molecule has 0 aromatic carbocycles. The summed E-state index contributed by atoms with van der Waals surface area (Å²) in [5.74, 6) is 6.79. The molecule has 82 valence electrons. The summed E-state index contributed by atoms with van der Waals surface area (Å²) in [6.45, 7) is 3.46. The van der Waals surface area contributed by atoms with E-state index >= 15 is 0 Å². The zero-order chi connectivity index (χ0) is 10.7. The van der Waals surface area contributed by atoms with Gasteiger partial charge in [-0.3, -0.25) is 0 Å². The quantitative estimate of drug-likeness (QED) is 0.489. The lowest BCUT2D eigenvalue weighted by atomic mass is 10.2. The Morgan fingerprint density at radius 3 is 2.93 bits per heavy atom. The Balaban J connectivity index is 2.13. The van der Waals surface area contributed by atoms with Crippen molar-refractivity contribution in [3.63, 3.8) is 0 Å². The second kappa shape index (κ2) is 4.41.